The number of carbonyl (C=O) groups is 3. The Morgan fingerprint density at radius 3 is 2.41 bits per heavy atom. The predicted molar refractivity (Wildman–Crippen MR) is 114 cm³/mol. The van der Waals surface area contributed by atoms with Crippen molar-refractivity contribution in [2.24, 2.45) is 17.8 Å². The largest absolute Gasteiger partial charge is 0.465 e. The minimum Gasteiger partial charge on any atom is -0.465 e. The fourth-order valence-corrected chi connectivity index (χ4v) is 5.96. The molecule has 3 aliphatic rings. The number of likely N-dealkylation sites (tertiary alicyclic amines) is 2. The number of nitrogens with zero attached hydrogens (tertiary/aromatic N) is 2. The zero-order valence-corrected chi connectivity index (χ0v) is 18.0. The fourth-order valence-electron chi connectivity index (χ4n) is 5.96. The van der Waals surface area contributed by atoms with Gasteiger partial charge in [0, 0.05) is 31.5 Å². The van der Waals surface area contributed by atoms with Crippen LogP contribution < -0.4 is 5.48 Å². The average molecular weight is 446 g/mol. The fraction of sp³-hybridized carbons (Fsp3) is 0.609. The predicted octanol–water partition coefficient (Wildman–Crippen LogP) is 1.65. The van der Waals surface area contributed by atoms with E-state index in [-0.39, 0.29) is 30.7 Å². The number of rotatable bonds is 4. The molecule has 1 aliphatic carbocycles. The van der Waals surface area contributed by atoms with Crippen LogP contribution in [0.1, 0.15) is 43.6 Å². The van der Waals surface area contributed by atoms with Gasteiger partial charge in [-0.3, -0.25) is 14.8 Å². The van der Waals surface area contributed by atoms with Gasteiger partial charge in [-0.1, -0.05) is 30.3 Å². The first kappa shape index (κ1) is 22.5. The van der Waals surface area contributed by atoms with Crippen LogP contribution in [0, 0.1) is 17.8 Å². The summed E-state index contributed by atoms with van der Waals surface area (Å²) in [6.07, 6.45) is 0.580. The zero-order valence-electron chi connectivity index (χ0n) is 18.0. The number of aliphatic hydroxyl groups is 1. The molecule has 0 radical (unpaired) electrons. The highest BCUT2D eigenvalue weighted by atomic mass is 16.5. The molecule has 174 valence electrons. The van der Waals surface area contributed by atoms with E-state index in [1.807, 2.05) is 23.1 Å². The Morgan fingerprint density at radius 2 is 1.72 bits per heavy atom. The summed E-state index contributed by atoms with van der Waals surface area (Å²) in [7, 11) is 0. The molecular weight excluding hydrogens is 414 g/mol. The van der Waals surface area contributed by atoms with E-state index in [0.717, 1.165) is 6.42 Å². The molecule has 2 heterocycles. The standard InChI is InChI=1S/C23H31N3O6/c27-19-9-11-26(23(30)31)20(19)15-6-7-17(18(12-15)21(28)24-32)22(29)25-10-8-16(13-25)14-4-2-1-3-5-14/h1-5,15-20,27,32H,6-13H2,(H,24,28)(H,30,31)/t15-,16-,17-,18-,19+,20?/m0/s1. The zero-order chi connectivity index (χ0) is 22.8. The van der Waals surface area contributed by atoms with Crippen molar-refractivity contribution in [3.63, 3.8) is 0 Å². The van der Waals surface area contributed by atoms with Gasteiger partial charge in [-0.25, -0.2) is 10.3 Å². The second kappa shape index (κ2) is 9.46. The number of aliphatic hydroxyl groups excluding tert-OH is 1. The third kappa shape index (κ3) is 4.31. The second-order valence-electron chi connectivity index (χ2n) is 9.27. The van der Waals surface area contributed by atoms with Crippen LogP contribution in [0.2, 0.25) is 0 Å². The van der Waals surface area contributed by atoms with Gasteiger partial charge in [0.25, 0.3) is 0 Å². The highest BCUT2D eigenvalue weighted by Crippen LogP contribution is 2.41. The van der Waals surface area contributed by atoms with E-state index in [9.17, 15) is 29.8 Å². The number of carboxylic acid groups (broad SMARTS) is 1. The molecule has 3 fully saturated rings. The summed E-state index contributed by atoms with van der Waals surface area (Å²) in [6.45, 7) is 1.48. The van der Waals surface area contributed by atoms with Crippen molar-refractivity contribution in [2.75, 3.05) is 19.6 Å². The number of nitrogens with one attached hydrogen (secondary N) is 1. The van der Waals surface area contributed by atoms with E-state index < -0.39 is 36.0 Å². The van der Waals surface area contributed by atoms with Crippen LogP contribution in [0.25, 0.3) is 0 Å². The van der Waals surface area contributed by atoms with Gasteiger partial charge in [-0.05, 0) is 43.6 Å². The van der Waals surface area contributed by atoms with E-state index in [2.05, 4.69) is 12.1 Å². The summed E-state index contributed by atoms with van der Waals surface area (Å²) >= 11 is 0. The lowest BCUT2D eigenvalue weighted by atomic mass is 9.70. The van der Waals surface area contributed by atoms with E-state index >= 15 is 0 Å². The number of amides is 3. The van der Waals surface area contributed by atoms with Crippen molar-refractivity contribution in [1.29, 1.82) is 0 Å². The van der Waals surface area contributed by atoms with Crippen LogP contribution in [0.3, 0.4) is 0 Å². The maximum absolute atomic E-state index is 13.4. The van der Waals surface area contributed by atoms with Crippen LogP contribution in [-0.4, -0.2) is 74.9 Å². The monoisotopic (exact) mass is 445 g/mol. The molecule has 4 rings (SSSR count). The first-order valence-corrected chi connectivity index (χ1v) is 11.4. The van der Waals surface area contributed by atoms with Crippen LogP contribution >= 0.6 is 0 Å². The summed E-state index contributed by atoms with van der Waals surface area (Å²) in [6, 6.07) is 9.47. The molecule has 1 unspecified atom stereocenters. The van der Waals surface area contributed by atoms with E-state index in [1.165, 1.54) is 10.5 Å². The molecule has 32 heavy (non-hydrogen) atoms. The molecule has 6 atom stereocenters. The van der Waals surface area contributed by atoms with Gasteiger partial charge in [0.2, 0.25) is 11.8 Å². The van der Waals surface area contributed by atoms with Crippen LogP contribution in [-0.2, 0) is 9.59 Å². The van der Waals surface area contributed by atoms with Crippen LogP contribution in [0.15, 0.2) is 30.3 Å². The maximum Gasteiger partial charge on any atom is 0.407 e. The van der Waals surface area contributed by atoms with Gasteiger partial charge in [0.15, 0.2) is 0 Å². The lowest BCUT2D eigenvalue weighted by Gasteiger charge is -2.40. The molecule has 0 bridgehead atoms. The highest BCUT2D eigenvalue weighted by Gasteiger charge is 2.48. The molecule has 2 saturated heterocycles. The second-order valence-corrected chi connectivity index (χ2v) is 9.27. The van der Waals surface area contributed by atoms with Crippen molar-refractivity contribution in [1.82, 2.24) is 15.3 Å². The topological polar surface area (TPSA) is 130 Å². The van der Waals surface area contributed by atoms with Crippen molar-refractivity contribution in [2.45, 2.75) is 50.2 Å². The Kier molecular flexibility index (Phi) is 6.66. The smallest absolute Gasteiger partial charge is 0.407 e. The first-order chi connectivity index (χ1) is 15.4. The Labute approximate surface area is 187 Å². The minimum absolute atomic E-state index is 0.0856. The SMILES string of the molecule is O=C(NO)[C@H]1C[C@@H](C2[C@H](O)CCN2C(=O)O)CC[C@@H]1C(=O)N1CC[C@H](c2ccccc2)C1. The Morgan fingerprint density at radius 1 is 0.969 bits per heavy atom. The molecule has 2 aliphatic heterocycles. The molecule has 9 heteroatoms. The molecule has 3 amide bonds. The van der Waals surface area contributed by atoms with Gasteiger partial charge >= 0.3 is 6.09 Å². The van der Waals surface area contributed by atoms with Crippen molar-refractivity contribution in [3.05, 3.63) is 35.9 Å². The number of carbonyl (C=O) groups excluding carboxylic acids is 2. The molecular formula is C23H31N3O6. The number of benzene rings is 1. The van der Waals surface area contributed by atoms with Crippen LogP contribution in [0.4, 0.5) is 4.79 Å². The molecule has 0 spiro atoms. The quantitative estimate of drug-likeness (QED) is 0.412. The van der Waals surface area contributed by atoms with Gasteiger partial charge < -0.3 is 20.0 Å². The minimum atomic E-state index is -1.09. The van der Waals surface area contributed by atoms with E-state index in [1.54, 1.807) is 5.48 Å². The van der Waals surface area contributed by atoms with Gasteiger partial charge in [-0.2, -0.15) is 0 Å². The number of hydroxylamine groups is 1. The van der Waals surface area contributed by atoms with E-state index in [4.69, 9.17) is 0 Å². The molecule has 1 saturated carbocycles. The Hall–Kier alpha value is -2.65. The third-order valence-corrected chi connectivity index (χ3v) is 7.57. The average Bonchev–Trinajstić information content (AvgIpc) is 3.45. The molecule has 1 aromatic carbocycles. The van der Waals surface area contributed by atoms with Gasteiger partial charge in [0.1, 0.15) is 0 Å². The summed E-state index contributed by atoms with van der Waals surface area (Å²) in [5.74, 6) is -2.01. The van der Waals surface area contributed by atoms with Gasteiger partial charge in [-0.15, -0.1) is 0 Å². The summed E-state index contributed by atoms with van der Waals surface area (Å²) < 4.78 is 0. The first-order valence-electron chi connectivity index (χ1n) is 11.4. The summed E-state index contributed by atoms with van der Waals surface area (Å²) in [4.78, 5) is 40.6. The lowest BCUT2D eigenvalue weighted by molar-refractivity contribution is -0.148. The third-order valence-electron chi connectivity index (χ3n) is 7.57. The van der Waals surface area contributed by atoms with Crippen molar-refractivity contribution < 1.29 is 29.8 Å². The maximum atomic E-state index is 13.4. The molecule has 9 nitrogen and oxygen atoms in total. The molecule has 1 aromatic rings. The molecule has 4 N–H and O–H groups in total. The summed E-state index contributed by atoms with van der Waals surface area (Å²) in [5, 5.41) is 29.2. The molecule has 0 aromatic heterocycles. The normalized spacial score (nSPS) is 32.7. The van der Waals surface area contributed by atoms with Crippen molar-refractivity contribution >= 4 is 17.9 Å². The van der Waals surface area contributed by atoms with Crippen LogP contribution in [0.5, 0.6) is 0 Å². The summed E-state index contributed by atoms with van der Waals surface area (Å²) in [5.41, 5.74) is 2.89. The van der Waals surface area contributed by atoms with E-state index in [0.29, 0.717) is 32.4 Å². The Bertz CT molecular complexity index is 849. The number of hydrogen-bond acceptors (Lipinski definition) is 5. The van der Waals surface area contributed by atoms with Crippen molar-refractivity contribution in [3.8, 4) is 0 Å². The van der Waals surface area contributed by atoms with Gasteiger partial charge in [0.05, 0.1) is 18.1 Å². The Balaban J connectivity index is 1.47. The highest BCUT2D eigenvalue weighted by molar-refractivity contribution is 5.87. The lowest BCUT2D eigenvalue weighted by Crippen LogP contribution is -2.51. The number of hydrogen-bond donors (Lipinski definition) is 4.